The van der Waals surface area contributed by atoms with Crippen LogP contribution in [0.25, 0.3) is 0 Å². The molecule has 0 fully saturated rings. The number of carbonyl (C=O) groups excluding carboxylic acids is 1. The third-order valence-corrected chi connectivity index (χ3v) is 5.01. The largest absolute Gasteiger partial charge is 0.598 e. The van der Waals surface area contributed by atoms with E-state index in [1.807, 2.05) is 20.8 Å². The summed E-state index contributed by atoms with van der Waals surface area (Å²) in [4.78, 5) is 12.3. The Bertz CT molecular complexity index is 580. The Morgan fingerprint density at radius 1 is 1.17 bits per heavy atom. The highest BCUT2D eigenvalue weighted by Crippen LogP contribution is 2.31. The van der Waals surface area contributed by atoms with Crippen molar-refractivity contribution >= 4 is 17.3 Å². The minimum absolute atomic E-state index is 0.132. The van der Waals surface area contributed by atoms with E-state index in [4.69, 9.17) is 4.74 Å². The van der Waals surface area contributed by atoms with Gasteiger partial charge in [0.25, 0.3) is 0 Å². The molecule has 0 aromatic heterocycles. The van der Waals surface area contributed by atoms with Crippen LogP contribution in [0.15, 0.2) is 24.3 Å². The third-order valence-electron chi connectivity index (χ3n) is 3.26. The van der Waals surface area contributed by atoms with Crippen molar-refractivity contribution in [3.63, 3.8) is 0 Å². The molecule has 1 unspecified atom stereocenters. The fourth-order valence-corrected chi connectivity index (χ4v) is 3.02. The van der Waals surface area contributed by atoms with Gasteiger partial charge in [0.15, 0.2) is 0 Å². The molecule has 1 rings (SSSR count). The van der Waals surface area contributed by atoms with Gasteiger partial charge in [-0.3, -0.25) is 4.79 Å². The van der Waals surface area contributed by atoms with Gasteiger partial charge in [-0.1, -0.05) is 18.2 Å². The van der Waals surface area contributed by atoms with Crippen LogP contribution in [0.5, 0.6) is 0 Å². The first-order valence-corrected chi connectivity index (χ1v) is 9.06. The van der Waals surface area contributed by atoms with Gasteiger partial charge in [0.05, 0.1) is 12.0 Å². The molecular weight excluding hydrogens is 329 g/mol. The van der Waals surface area contributed by atoms with Crippen molar-refractivity contribution in [3.05, 3.63) is 35.6 Å². The molecule has 1 aromatic rings. The molecule has 0 saturated heterocycles. The van der Waals surface area contributed by atoms with Gasteiger partial charge < -0.3 is 9.29 Å². The molecule has 0 saturated carbocycles. The topological polar surface area (TPSA) is 61.4 Å². The maximum Gasteiger partial charge on any atom is 0.308 e. The lowest BCUT2D eigenvalue weighted by Gasteiger charge is -2.35. The summed E-state index contributed by atoms with van der Waals surface area (Å²) in [5.41, 5.74) is -1.50. The van der Waals surface area contributed by atoms with Gasteiger partial charge in [-0.15, -0.1) is 4.72 Å². The van der Waals surface area contributed by atoms with Gasteiger partial charge in [-0.05, 0) is 54.5 Å². The fraction of sp³-hybridized carbons (Fsp3) is 0.611. The van der Waals surface area contributed by atoms with Gasteiger partial charge in [-0.25, -0.2) is 4.39 Å². The molecule has 0 spiro atoms. The second-order valence-corrected chi connectivity index (χ2v) is 10.0. The zero-order valence-electron chi connectivity index (χ0n) is 15.5. The van der Waals surface area contributed by atoms with Crippen LogP contribution in [0.3, 0.4) is 0 Å². The van der Waals surface area contributed by atoms with Gasteiger partial charge in [-0.2, -0.15) is 0 Å². The molecule has 0 bridgehead atoms. The SMILES string of the molecule is CC(C)(C)OC(=O)C[C@@](C)(N[S+]([O-])C(C)(C)C)c1ccccc1F. The quantitative estimate of drug-likeness (QED) is 0.643. The Hall–Kier alpha value is -1.11. The number of benzene rings is 1. The second-order valence-electron chi connectivity index (χ2n) is 8.06. The van der Waals surface area contributed by atoms with E-state index < -0.39 is 39.0 Å². The summed E-state index contributed by atoms with van der Waals surface area (Å²) in [6.45, 7) is 12.4. The van der Waals surface area contributed by atoms with E-state index in [-0.39, 0.29) is 12.0 Å². The minimum atomic E-state index is -1.48. The van der Waals surface area contributed by atoms with Gasteiger partial charge in [0.1, 0.15) is 16.2 Å². The molecule has 0 aliphatic rings. The van der Waals surface area contributed by atoms with E-state index >= 15 is 0 Å². The molecular formula is C18H28FNO3S. The van der Waals surface area contributed by atoms with E-state index in [0.717, 1.165) is 0 Å². The van der Waals surface area contributed by atoms with Crippen LogP contribution in [-0.4, -0.2) is 20.9 Å². The molecule has 1 aromatic carbocycles. The first-order chi connectivity index (χ1) is 10.7. The van der Waals surface area contributed by atoms with Crippen molar-refractivity contribution in [1.82, 2.24) is 4.72 Å². The Morgan fingerprint density at radius 2 is 1.71 bits per heavy atom. The summed E-state index contributed by atoms with van der Waals surface area (Å²) in [5, 5.41) is 0. The molecule has 6 heteroatoms. The molecule has 24 heavy (non-hydrogen) atoms. The Kier molecular flexibility index (Phi) is 6.47. The number of hydrogen-bond acceptors (Lipinski definition) is 4. The molecule has 0 heterocycles. The third kappa shape index (κ3) is 6.07. The number of hydrogen-bond donors (Lipinski definition) is 1. The van der Waals surface area contributed by atoms with E-state index in [9.17, 15) is 13.7 Å². The number of carbonyl (C=O) groups is 1. The molecule has 0 amide bonds. The van der Waals surface area contributed by atoms with Crippen molar-refractivity contribution in [2.24, 2.45) is 0 Å². The van der Waals surface area contributed by atoms with Crippen LogP contribution in [0, 0.1) is 5.82 Å². The zero-order valence-corrected chi connectivity index (χ0v) is 16.3. The van der Waals surface area contributed by atoms with Crippen molar-refractivity contribution in [2.45, 2.75) is 70.8 Å². The highest BCUT2D eigenvalue weighted by molar-refractivity contribution is 7.90. The molecule has 136 valence electrons. The van der Waals surface area contributed by atoms with E-state index in [1.54, 1.807) is 45.9 Å². The molecule has 4 nitrogen and oxygen atoms in total. The number of halogens is 1. The number of ether oxygens (including phenoxy) is 1. The zero-order chi connectivity index (χ0) is 18.8. The molecule has 0 aliphatic heterocycles. The molecule has 0 radical (unpaired) electrons. The predicted molar refractivity (Wildman–Crippen MR) is 95.2 cm³/mol. The Balaban J connectivity index is 3.17. The van der Waals surface area contributed by atoms with Crippen LogP contribution in [-0.2, 0) is 26.4 Å². The highest BCUT2D eigenvalue weighted by atomic mass is 32.2. The first kappa shape index (κ1) is 20.9. The summed E-state index contributed by atoms with van der Waals surface area (Å²) < 4.78 is 34.6. The van der Waals surface area contributed by atoms with Gasteiger partial charge in [0.2, 0.25) is 0 Å². The van der Waals surface area contributed by atoms with Crippen molar-refractivity contribution in [1.29, 1.82) is 0 Å². The van der Waals surface area contributed by atoms with Crippen LogP contribution in [0.2, 0.25) is 0 Å². The fourth-order valence-electron chi connectivity index (χ4n) is 2.12. The average molecular weight is 357 g/mol. The summed E-state index contributed by atoms with van der Waals surface area (Å²) >= 11 is -1.48. The van der Waals surface area contributed by atoms with Crippen molar-refractivity contribution < 1.29 is 18.5 Å². The standard InChI is InChI=1S/C18H28FNO3S/c1-16(2,3)23-15(21)12-18(7,20-24(22)17(4,5)6)13-10-8-9-11-14(13)19/h8-11,20H,12H2,1-7H3/t18-,24?/m1/s1. The average Bonchev–Trinajstić information content (AvgIpc) is 2.34. The molecule has 0 aliphatic carbocycles. The van der Waals surface area contributed by atoms with E-state index in [2.05, 4.69) is 4.72 Å². The summed E-state index contributed by atoms with van der Waals surface area (Å²) in [6, 6.07) is 6.18. The monoisotopic (exact) mass is 357 g/mol. The van der Waals surface area contributed by atoms with Crippen LogP contribution in [0.4, 0.5) is 4.39 Å². The number of esters is 1. The Morgan fingerprint density at radius 3 is 2.17 bits per heavy atom. The maximum absolute atomic E-state index is 14.3. The minimum Gasteiger partial charge on any atom is -0.598 e. The summed E-state index contributed by atoms with van der Waals surface area (Å²) in [6.07, 6.45) is -0.132. The smallest absolute Gasteiger partial charge is 0.308 e. The second kappa shape index (κ2) is 7.42. The lowest BCUT2D eigenvalue weighted by Crippen LogP contribution is -2.51. The lowest BCUT2D eigenvalue weighted by molar-refractivity contribution is -0.156. The Labute approximate surface area is 147 Å². The number of nitrogens with one attached hydrogen (secondary N) is 1. The highest BCUT2D eigenvalue weighted by Gasteiger charge is 2.41. The molecule has 2 atom stereocenters. The van der Waals surface area contributed by atoms with Gasteiger partial charge >= 0.3 is 5.97 Å². The normalized spacial score (nSPS) is 16.4. The van der Waals surface area contributed by atoms with Crippen LogP contribution >= 0.6 is 0 Å². The van der Waals surface area contributed by atoms with Crippen molar-refractivity contribution in [2.75, 3.05) is 0 Å². The molecule has 1 N–H and O–H groups in total. The summed E-state index contributed by atoms with van der Waals surface area (Å²) in [5.74, 6) is -0.936. The predicted octanol–water partition coefficient (Wildman–Crippen LogP) is 3.82. The van der Waals surface area contributed by atoms with Crippen LogP contribution in [0.1, 0.15) is 60.5 Å². The maximum atomic E-state index is 14.3. The van der Waals surface area contributed by atoms with Crippen molar-refractivity contribution in [3.8, 4) is 0 Å². The number of rotatable bonds is 5. The van der Waals surface area contributed by atoms with Crippen LogP contribution < -0.4 is 4.72 Å². The van der Waals surface area contributed by atoms with E-state index in [1.165, 1.54) is 6.07 Å². The first-order valence-electron chi connectivity index (χ1n) is 7.91. The van der Waals surface area contributed by atoms with Gasteiger partial charge in [0, 0.05) is 16.9 Å². The lowest BCUT2D eigenvalue weighted by atomic mass is 9.89. The summed E-state index contributed by atoms with van der Waals surface area (Å²) in [7, 11) is 0. The van der Waals surface area contributed by atoms with E-state index in [0.29, 0.717) is 0 Å².